The van der Waals surface area contributed by atoms with Crippen molar-refractivity contribution in [2.75, 3.05) is 43.2 Å². The van der Waals surface area contributed by atoms with Gasteiger partial charge in [0.05, 0.1) is 31.1 Å². The minimum absolute atomic E-state index is 0.109. The molecular weight excluding hydrogens is 399 g/mol. The summed E-state index contributed by atoms with van der Waals surface area (Å²) in [5.74, 6) is -0.160. The van der Waals surface area contributed by atoms with Crippen LogP contribution in [0, 0.1) is 5.82 Å². The SMILES string of the molecule is COC(=O)N[C@H]1CCN(c2ccc(N3C[C@H](COc4ccon4)OC3=O)cc2F)C1. The number of hydrogen-bond donors (Lipinski definition) is 1. The van der Waals surface area contributed by atoms with E-state index in [-0.39, 0.29) is 19.2 Å². The van der Waals surface area contributed by atoms with Gasteiger partial charge in [0.2, 0.25) is 0 Å². The number of carbonyl (C=O) groups is 2. The van der Waals surface area contributed by atoms with Crippen molar-refractivity contribution >= 4 is 23.6 Å². The van der Waals surface area contributed by atoms with Gasteiger partial charge < -0.3 is 29.0 Å². The predicted molar refractivity (Wildman–Crippen MR) is 102 cm³/mol. The number of methoxy groups -OCH3 is 1. The van der Waals surface area contributed by atoms with Gasteiger partial charge in [-0.2, -0.15) is 0 Å². The number of nitrogens with one attached hydrogen (secondary N) is 1. The zero-order valence-electron chi connectivity index (χ0n) is 16.2. The van der Waals surface area contributed by atoms with Gasteiger partial charge in [-0.3, -0.25) is 4.90 Å². The summed E-state index contributed by atoms with van der Waals surface area (Å²) in [6.45, 7) is 1.40. The zero-order valence-corrected chi connectivity index (χ0v) is 16.2. The highest BCUT2D eigenvalue weighted by atomic mass is 19.1. The molecule has 0 radical (unpaired) electrons. The second-order valence-electron chi connectivity index (χ2n) is 6.97. The number of hydrogen-bond acceptors (Lipinski definition) is 8. The Hall–Kier alpha value is -3.50. The largest absolute Gasteiger partial charge is 0.471 e. The van der Waals surface area contributed by atoms with Crippen molar-refractivity contribution < 1.29 is 32.7 Å². The van der Waals surface area contributed by atoms with E-state index < -0.39 is 24.1 Å². The fourth-order valence-corrected chi connectivity index (χ4v) is 3.52. The zero-order chi connectivity index (χ0) is 21.1. The minimum atomic E-state index is -0.570. The summed E-state index contributed by atoms with van der Waals surface area (Å²) in [5.41, 5.74) is 0.806. The molecule has 160 valence electrons. The summed E-state index contributed by atoms with van der Waals surface area (Å²) in [4.78, 5) is 26.8. The average molecular weight is 420 g/mol. The molecule has 0 unspecified atom stereocenters. The number of carbonyl (C=O) groups excluding carboxylic acids is 2. The molecule has 2 amide bonds. The summed E-state index contributed by atoms with van der Waals surface area (Å²) >= 11 is 0. The van der Waals surface area contributed by atoms with Crippen molar-refractivity contribution in [3.63, 3.8) is 0 Å². The monoisotopic (exact) mass is 420 g/mol. The van der Waals surface area contributed by atoms with Gasteiger partial charge in [0.25, 0.3) is 5.88 Å². The van der Waals surface area contributed by atoms with Crippen molar-refractivity contribution in [1.82, 2.24) is 10.5 Å². The molecule has 1 aromatic carbocycles. The number of alkyl carbamates (subject to hydrolysis) is 1. The lowest BCUT2D eigenvalue weighted by molar-refractivity contribution is 0.101. The molecule has 2 fully saturated rings. The Morgan fingerprint density at radius 1 is 1.37 bits per heavy atom. The van der Waals surface area contributed by atoms with Crippen LogP contribution in [0.5, 0.6) is 5.88 Å². The molecule has 10 nitrogen and oxygen atoms in total. The number of aromatic nitrogens is 1. The van der Waals surface area contributed by atoms with E-state index in [1.54, 1.807) is 18.2 Å². The molecule has 1 N–H and O–H groups in total. The lowest BCUT2D eigenvalue weighted by atomic mass is 10.2. The predicted octanol–water partition coefficient (Wildman–Crippen LogP) is 2.15. The highest BCUT2D eigenvalue weighted by molar-refractivity contribution is 5.90. The van der Waals surface area contributed by atoms with E-state index in [0.29, 0.717) is 36.8 Å². The van der Waals surface area contributed by atoms with Gasteiger partial charge >= 0.3 is 12.2 Å². The van der Waals surface area contributed by atoms with E-state index in [1.807, 2.05) is 4.90 Å². The Labute approximate surface area is 171 Å². The Bertz CT molecular complexity index is 908. The summed E-state index contributed by atoms with van der Waals surface area (Å²) in [7, 11) is 1.30. The summed E-state index contributed by atoms with van der Waals surface area (Å²) in [6, 6.07) is 6.03. The van der Waals surface area contributed by atoms with Crippen LogP contribution in [0.3, 0.4) is 0 Å². The average Bonchev–Trinajstić information content (AvgIpc) is 3.47. The Kier molecular flexibility index (Phi) is 5.59. The summed E-state index contributed by atoms with van der Waals surface area (Å²) < 4.78 is 34.7. The normalized spacial score (nSPS) is 20.9. The summed E-state index contributed by atoms with van der Waals surface area (Å²) in [6.07, 6.45) is 0.468. The molecule has 2 aromatic rings. The fourth-order valence-electron chi connectivity index (χ4n) is 3.52. The molecule has 1 aromatic heterocycles. The first kappa shape index (κ1) is 19.8. The van der Waals surface area contributed by atoms with Crippen molar-refractivity contribution in [3.8, 4) is 5.88 Å². The maximum absolute atomic E-state index is 14.8. The quantitative estimate of drug-likeness (QED) is 0.758. The number of amides is 2. The third kappa shape index (κ3) is 4.24. The van der Waals surface area contributed by atoms with Crippen LogP contribution in [0.1, 0.15) is 6.42 Å². The van der Waals surface area contributed by atoms with Crippen LogP contribution in [0.25, 0.3) is 0 Å². The number of halogens is 1. The van der Waals surface area contributed by atoms with Crippen LogP contribution in [0.4, 0.5) is 25.4 Å². The number of ether oxygens (including phenoxy) is 3. The second kappa shape index (κ2) is 8.47. The fraction of sp³-hybridized carbons (Fsp3) is 0.421. The molecule has 3 heterocycles. The Morgan fingerprint density at radius 3 is 2.97 bits per heavy atom. The first-order valence-electron chi connectivity index (χ1n) is 9.44. The van der Waals surface area contributed by atoms with Gasteiger partial charge in [-0.25, -0.2) is 14.0 Å². The van der Waals surface area contributed by atoms with E-state index in [9.17, 15) is 14.0 Å². The smallest absolute Gasteiger partial charge is 0.414 e. The van der Waals surface area contributed by atoms with Crippen molar-refractivity contribution in [3.05, 3.63) is 36.3 Å². The number of anilines is 2. The van der Waals surface area contributed by atoms with Crippen molar-refractivity contribution in [1.29, 1.82) is 0 Å². The number of benzene rings is 1. The highest BCUT2D eigenvalue weighted by Gasteiger charge is 2.34. The topological polar surface area (TPSA) is 106 Å². The van der Waals surface area contributed by atoms with Crippen LogP contribution in [0.15, 0.2) is 35.1 Å². The highest BCUT2D eigenvalue weighted by Crippen LogP contribution is 2.30. The molecule has 11 heteroatoms. The molecular formula is C19H21FN4O6. The van der Waals surface area contributed by atoms with Gasteiger partial charge in [-0.05, 0) is 29.8 Å². The van der Waals surface area contributed by atoms with Crippen LogP contribution < -0.4 is 19.9 Å². The van der Waals surface area contributed by atoms with Crippen molar-refractivity contribution in [2.45, 2.75) is 18.6 Å². The van der Waals surface area contributed by atoms with E-state index in [1.165, 1.54) is 24.3 Å². The van der Waals surface area contributed by atoms with E-state index >= 15 is 0 Å². The van der Waals surface area contributed by atoms with Gasteiger partial charge in [-0.15, -0.1) is 0 Å². The standard InChI is InChI=1S/C19H21FN4O6/c1-27-18(25)21-12-4-6-23(9-12)16-3-2-13(8-15(16)20)24-10-14(30-19(24)26)11-28-17-5-7-29-22-17/h2-3,5,7-8,12,14H,4,6,9-11H2,1H3,(H,21,25)/t12-,14+/m0/s1. The van der Waals surface area contributed by atoms with E-state index in [2.05, 4.69) is 19.7 Å². The molecule has 0 saturated carbocycles. The first-order chi connectivity index (χ1) is 14.5. The van der Waals surface area contributed by atoms with Crippen LogP contribution in [-0.2, 0) is 9.47 Å². The molecule has 2 aliphatic heterocycles. The molecule has 2 saturated heterocycles. The van der Waals surface area contributed by atoms with Gasteiger partial charge in [0.1, 0.15) is 18.7 Å². The number of cyclic esters (lactones) is 1. The molecule has 2 aliphatic rings. The lowest BCUT2D eigenvalue weighted by Crippen LogP contribution is -2.37. The van der Waals surface area contributed by atoms with Crippen molar-refractivity contribution in [2.24, 2.45) is 0 Å². The maximum atomic E-state index is 14.8. The van der Waals surface area contributed by atoms with Gasteiger partial charge in [0.15, 0.2) is 6.10 Å². The van der Waals surface area contributed by atoms with Crippen LogP contribution >= 0.6 is 0 Å². The summed E-state index contributed by atoms with van der Waals surface area (Å²) in [5, 5.41) is 6.34. The molecule has 30 heavy (non-hydrogen) atoms. The third-order valence-electron chi connectivity index (χ3n) is 4.98. The minimum Gasteiger partial charge on any atom is -0.471 e. The lowest BCUT2D eigenvalue weighted by Gasteiger charge is -2.21. The maximum Gasteiger partial charge on any atom is 0.414 e. The molecule has 0 aliphatic carbocycles. The number of nitrogens with zero attached hydrogens (tertiary/aromatic N) is 3. The molecule has 0 bridgehead atoms. The first-order valence-corrected chi connectivity index (χ1v) is 9.44. The number of rotatable bonds is 6. The van der Waals surface area contributed by atoms with Gasteiger partial charge in [-0.1, -0.05) is 0 Å². The van der Waals surface area contributed by atoms with E-state index in [4.69, 9.17) is 9.47 Å². The molecule has 0 spiro atoms. The van der Waals surface area contributed by atoms with Crippen LogP contribution in [-0.4, -0.2) is 62.8 Å². The van der Waals surface area contributed by atoms with Crippen LogP contribution in [0.2, 0.25) is 0 Å². The van der Waals surface area contributed by atoms with E-state index in [0.717, 1.165) is 0 Å². The Morgan fingerprint density at radius 2 is 2.23 bits per heavy atom. The second-order valence-corrected chi connectivity index (χ2v) is 6.97. The third-order valence-corrected chi connectivity index (χ3v) is 4.98. The Balaban J connectivity index is 1.37. The molecule has 4 rings (SSSR count). The molecule has 2 atom stereocenters. The van der Waals surface area contributed by atoms with Gasteiger partial charge in [0, 0.05) is 19.2 Å².